The molecule has 3 rings (SSSR count). The van der Waals surface area contributed by atoms with E-state index in [-0.39, 0.29) is 5.56 Å². The predicted octanol–water partition coefficient (Wildman–Crippen LogP) is 2.98. The molecule has 0 spiro atoms. The van der Waals surface area contributed by atoms with Gasteiger partial charge in [-0.05, 0) is 31.2 Å². The number of nitrogens with one attached hydrogen (secondary N) is 1. The standard InChI is InChI=1S/C19H15NO5/c1-12(17(21)20-14-8-3-2-4-9-14)24-18(22)15-11-13-7-5-6-10-16(13)25-19(15)23/h2-12H,1H3,(H,20,21)/t12-/m1/s1. The van der Waals surface area contributed by atoms with Gasteiger partial charge >= 0.3 is 11.6 Å². The first-order chi connectivity index (χ1) is 12.0. The molecule has 1 N–H and O–H groups in total. The number of anilines is 1. The number of hydrogen-bond donors (Lipinski definition) is 1. The summed E-state index contributed by atoms with van der Waals surface area (Å²) in [5.41, 5.74) is -0.100. The van der Waals surface area contributed by atoms with Crippen molar-refractivity contribution in [3.8, 4) is 0 Å². The molecule has 1 amide bonds. The molecule has 6 heteroatoms. The van der Waals surface area contributed by atoms with E-state index in [2.05, 4.69) is 5.32 Å². The zero-order valence-electron chi connectivity index (χ0n) is 13.4. The Balaban J connectivity index is 1.74. The fraction of sp³-hybridized carbons (Fsp3) is 0.105. The largest absolute Gasteiger partial charge is 0.449 e. The molecule has 1 aromatic heterocycles. The first-order valence-corrected chi connectivity index (χ1v) is 7.64. The van der Waals surface area contributed by atoms with Crippen LogP contribution in [0, 0.1) is 0 Å². The van der Waals surface area contributed by atoms with Crippen LogP contribution in [0.4, 0.5) is 5.69 Å². The lowest BCUT2D eigenvalue weighted by atomic mass is 10.2. The van der Waals surface area contributed by atoms with Crippen molar-refractivity contribution in [3.63, 3.8) is 0 Å². The average Bonchev–Trinajstić information content (AvgIpc) is 2.61. The highest BCUT2D eigenvalue weighted by Gasteiger charge is 2.22. The number of hydrogen-bond acceptors (Lipinski definition) is 5. The van der Waals surface area contributed by atoms with Crippen LogP contribution in [0.25, 0.3) is 11.0 Å². The maximum absolute atomic E-state index is 12.2. The van der Waals surface area contributed by atoms with Crippen molar-refractivity contribution in [3.05, 3.63) is 76.6 Å². The third-order valence-electron chi connectivity index (χ3n) is 3.56. The monoisotopic (exact) mass is 337 g/mol. The lowest BCUT2D eigenvalue weighted by molar-refractivity contribution is -0.123. The van der Waals surface area contributed by atoms with Gasteiger partial charge in [-0.15, -0.1) is 0 Å². The Bertz CT molecular complexity index is 978. The van der Waals surface area contributed by atoms with E-state index in [0.717, 1.165) is 0 Å². The number of benzene rings is 2. The van der Waals surface area contributed by atoms with Gasteiger partial charge in [-0.3, -0.25) is 4.79 Å². The maximum atomic E-state index is 12.2. The van der Waals surface area contributed by atoms with Crippen molar-refractivity contribution in [2.45, 2.75) is 13.0 Å². The van der Waals surface area contributed by atoms with E-state index in [0.29, 0.717) is 16.7 Å². The number of fused-ring (bicyclic) bond motifs is 1. The molecule has 126 valence electrons. The van der Waals surface area contributed by atoms with Gasteiger partial charge in [0.1, 0.15) is 11.1 Å². The summed E-state index contributed by atoms with van der Waals surface area (Å²) in [7, 11) is 0. The van der Waals surface area contributed by atoms with E-state index >= 15 is 0 Å². The van der Waals surface area contributed by atoms with Crippen LogP contribution in [-0.2, 0) is 9.53 Å². The summed E-state index contributed by atoms with van der Waals surface area (Å²) in [5.74, 6) is -1.40. The van der Waals surface area contributed by atoms with Crippen molar-refractivity contribution < 1.29 is 18.7 Å². The quantitative estimate of drug-likeness (QED) is 0.584. The first-order valence-electron chi connectivity index (χ1n) is 7.64. The third-order valence-corrected chi connectivity index (χ3v) is 3.56. The number of rotatable bonds is 4. The van der Waals surface area contributed by atoms with Gasteiger partial charge in [0.25, 0.3) is 5.91 Å². The Morgan fingerprint density at radius 1 is 1.04 bits per heavy atom. The van der Waals surface area contributed by atoms with Gasteiger partial charge in [-0.1, -0.05) is 36.4 Å². The minimum Gasteiger partial charge on any atom is -0.449 e. The molecule has 0 aliphatic rings. The molecule has 1 atom stereocenters. The lowest BCUT2D eigenvalue weighted by Crippen LogP contribution is -2.31. The molecule has 0 saturated carbocycles. The minimum absolute atomic E-state index is 0.252. The summed E-state index contributed by atoms with van der Waals surface area (Å²) in [5, 5.41) is 3.22. The fourth-order valence-corrected chi connectivity index (χ4v) is 2.25. The Morgan fingerprint density at radius 2 is 1.72 bits per heavy atom. The highest BCUT2D eigenvalue weighted by molar-refractivity contribution is 5.98. The SMILES string of the molecule is C[C@@H](OC(=O)c1cc2ccccc2oc1=O)C(=O)Nc1ccccc1. The van der Waals surface area contributed by atoms with Crippen LogP contribution < -0.4 is 10.9 Å². The second-order valence-corrected chi connectivity index (χ2v) is 5.39. The van der Waals surface area contributed by atoms with Gasteiger partial charge in [0, 0.05) is 11.1 Å². The minimum atomic E-state index is -1.07. The number of carbonyl (C=O) groups is 2. The summed E-state index contributed by atoms with van der Waals surface area (Å²) in [6.07, 6.45) is -1.07. The number of carbonyl (C=O) groups excluding carboxylic acids is 2. The molecule has 0 fully saturated rings. The predicted molar refractivity (Wildman–Crippen MR) is 92.4 cm³/mol. The van der Waals surface area contributed by atoms with E-state index in [9.17, 15) is 14.4 Å². The topological polar surface area (TPSA) is 85.6 Å². The molecule has 0 aliphatic carbocycles. The summed E-state index contributed by atoms with van der Waals surface area (Å²) < 4.78 is 10.2. The van der Waals surface area contributed by atoms with Gasteiger partial charge in [0.05, 0.1) is 0 Å². The molecule has 0 aliphatic heterocycles. The van der Waals surface area contributed by atoms with Crippen molar-refractivity contribution in [1.29, 1.82) is 0 Å². The zero-order valence-corrected chi connectivity index (χ0v) is 13.4. The van der Waals surface area contributed by atoms with Gasteiger partial charge in [-0.25, -0.2) is 9.59 Å². The normalized spacial score (nSPS) is 11.7. The maximum Gasteiger partial charge on any atom is 0.351 e. The summed E-state index contributed by atoms with van der Waals surface area (Å²) in [4.78, 5) is 36.2. The molecule has 2 aromatic carbocycles. The van der Waals surface area contributed by atoms with Gasteiger partial charge in [0.2, 0.25) is 0 Å². The second-order valence-electron chi connectivity index (χ2n) is 5.39. The number of para-hydroxylation sites is 2. The smallest absolute Gasteiger partial charge is 0.351 e. The number of amides is 1. The first kappa shape index (κ1) is 16.4. The van der Waals surface area contributed by atoms with E-state index in [1.165, 1.54) is 13.0 Å². The van der Waals surface area contributed by atoms with Crippen molar-refractivity contribution in [2.75, 3.05) is 5.32 Å². The van der Waals surface area contributed by atoms with E-state index in [1.54, 1.807) is 48.5 Å². The van der Waals surface area contributed by atoms with Gasteiger partial charge in [0.15, 0.2) is 6.10 Å². The molecular formula is C19H15NO5. The van der Waals surface area contributed by atoms with Crippen molar-refractivity contribution >= 4 is 28.5 Å². The number of esters is 1. The Labute approximate surface area is 143 Å². The molecule has 0 bridgehead atoms. The van der Waals surface area contributed by atoms with E-state index in [4.69, 9.17) is 9.15 Å². The van der Waals surface area contributed by atoms with Crippen LogP contribution in [0.1, 0.15) is 17.3 Å². The van der Waals surface area contributed by atoms with Gasteiger partial charge < -0.3 is 14.5 Å². The third kappa shape index (κ3) is 3.74. The molecule has 0 radical (unpaired) electrons. The molecular weight excluding hydrogens is 322 g/mol. The van der Waals surface area contributed by atoms with Gasteiger partial charge in [-0.2, -0.15) is 0 Å². The summed E-state index contributed by atoms with van der Waals surface area (Å²) in [6.45, 7) is 1.43. The molecule has 0 unspecified atom stereocenters. The highest BCUT2D eigenvalue weighted by atomic mass is 16.5. The second kappa shape index (κ2) is 7.00. The van der Waals surface area contributed by atoms with Crippen LogP contribution >= 0.6 is 0 Å². The fourth-order valence-electron chi connectivity index (χ4n) is 2.25. The molecule has 3 aromatic rings. The molecule has 25 heavy (non-hydrogen) atoms. The molecule has 0 saturated heterocycles. The van der Waals surface area contributed by atoms with E-state index < -0.39 is 23.6 Å². The Hall–Kier alpha value is -3.41. The van der Waals surface area contributed by atoms with Crippen molar-refractivity contribution in [2.24, 2.45) is 0 Å². The van der Waals surface area contributed by atoms with Crippen LogP contribution in [-0.4, -0.2) is 18.0 Å². The number of ether oxygens (including phenoxy) is 1. The van der Waals surface area contributed by atoms with E-state index in [1.807, 2.05) is 6.07 Å². The Kier molecular flexibility index (Phi) is 4.61. The summed E-state index contributed by atoms with van der Waals surface area (Å²) >= 11 is 0. The lowest BCUT2D eigenvalue weighted by Gasteiger charge is -2.13. The molecule has 6 nitrogen and oxygen atoms in total. The zero-order chi connectivity index (χ0) is 17.8. The van der Waals surface area contributed by atoms with Crippen LogP contribution in [0.5, 0.6) is 0 Å². The highest BCUT2D eigenvalue weighted by Crippen LogP contribution is 2.14. The van der Waals surface area contributed by atoms with Crippen LogP contribution in [0.15, 0.2) is 69.9 Å². The average molecular weight is 337 g/mol. The summed E-state index contributed by atoms with van der Waals surface area (Å²) in [6, 6.07) is 17.0. The van der Waals surface area contributed by atoms with Crippen LogP contribution in [0.2, 0.25) is 0 Å². The molecule has 1 heterocycles. The van der Waals surface area contributed by atoms with Crippen molar-refractivity contribution in [1.82, 2.24) is 0 Å². The van der Waals surface area contributed by atoms with Crippen LogP contribution in [0.3, 0.4) is 0 Å². The Morgan fingerprint density at radius 3 is 2.48 bits per heavy atom.